The Balaban J connectivity index is 1.54. The number of carbonyl (C=O) groups excluding carboxylic acids is 1. The van der Waals surface area contributed by atoms with Gasteiger partial charge in [0.05, 0.1) is 27.0 Å². The summed E-state index contributed by atoms with van der Waals surface area (Å²) in [6, 6.07) is 13.4. The number of aromatic nitrogens is 3. The number of rotatable bonds is 11. The van der Waals surface area contributed by atoms with E-state index in [2.05, 4.69) is 22.6 Å². The van der Waals surface area contributed by atoms with E-state index in [4.69, 9.17) is 14.2 Å². The summed E-state index contributed by atoms with van der Waals surface area (Å²) in [5.74, 6) is 1.98. The first-order valence-electron chi connectivity index (χ1n) is 10.2. The van der Waals surface area contributed by atoms with Crippen LogP contribution in [0.3, 0.4) is 0 Å². The first-order valence-corrected chi connectivity index (χ1v) is 10.2. The van der Waals surface area contributed by atoms with Crippen molar-refractivity contribution in [1.29, 1.82) is 0 Å². The number of para-hydroxylation sites is 1. The van der Waals surface area contributed by atoms with Crippen molar-refractivity contribution in [3.05, 3.63) is 54.2 Å². The fraction of sp³-hybridized carbons (Fsp3) is 0.348. The Labute approximate surface area is 182 Å². The van der Waals surface area contributed by atoms with Crippen LogP contribution in [-0.2, 0) is 17.8 Å². The Hall–Kier alpha value is -3.55. The Morgan fingerprint density at radius 2 is 1.87 bits per heavy atom. The van der Waals surface area contributed by atoms with Gasteiger partial charge in [0.2, 0.25) is 5.91 Å². The number of hydrogen-bond acceptors (Lipinski definition) is 6. The highest BCUT2D eigenvalue weighted by atomic mass is 16.5. The van der Waals surface area contributed by atoms with Gasteiger partial charge >= 0.3 is 0 Å². The summed E-state index contributed by atoms with van der Waals surface area (Å²) in [7, 11) is 3.20. The largest absolute Gasteiger partial charge is 0.493 e. The highest BCUT2D eigenvalue weighted by Crippen LogP contribution is 2.28. The molecule has 31 heavy (non-hydrogen) atoms. The van der Waals surface area contributed by atoms with Crippen molar-refractivity contribution in [2.45, 2.75) is 26.3 Å². The van der Waals surface area contributed by atoms with Gasteiger partial charge in [-0.25, -0.2) is 4.68 Å². The smallest absolute Gasteiger partial charge is 0.241 e. The van der Waals surface area contributed by atoms with Crippen molar-refractivity contribution in [2.24, 2.45) is 0 Å². The lowest BCUT2D eigenvalue weighted by atomic mass is 10.1. The molecule has 0 aliphatic rings. The third kappa shape index (κ3) is 5.97. The van der Waals surface area contributed by atoms with Gasteiger partial charge in [-0.15, -0.1) is 5.10 Å². The number of nitrogens with zero attached hydrogens (tertiary/aromatic N) is 3. The average molecular weight is 425 g/mol. The summed E-state index contributed by atoms with van der Waals surface area (Å²) >= 11 is 0. The number of carbonyl (C=O) groups is 1. The Kier molecular flexibility index (Phi) is 7.86. The maximum Gasteiger partial charge on any atom is 0.241 e. The van der Waals surface area contributed by atoms with Gasteiger partial charge in [-0.05, 0) is 42.7 Å². The van der Waals surface area contributed by atoms with Crippen molar-refractivity contribution in [2.75, 3.05) is 27.4 Å². The van der Waals surface area contributed by atoms with Gasteiger partial charge in [-0.3, -0.25) is 4.79 Å². The Morgan fingerprint density at radius 3 is 2.65 bits per heavy atom. The van der Waals surface area contributed by atoms with E-state index in [1.54, 1.807) is 20.4 Å². The predicted molar refractivity (Wildman–Crippen MR) is 118 cm³/mol. The summed E-state index contributed by atoms with van der Waals surface area (Å²) in [5, 5.41) is 11.2. The highest BCUT2D eigenvalue weighted by Gasteiger charge is 2.12. The molecule has 8 nitrogen and oxygen atoms in total. The van der Waals surface area contributed by atoms with Gasteiger partial charge < -0.3 is 19.5 Å². The molecule has 0 spiro atoms. The van der Waals surface area contributed by atoms with Gasteiger partial charge in [-0.1, -0.05) is 30.3 Å². The molecule has 0 saturated carbocycles. The van der Waals surface area contributed by atoms with E-state index in [9.17, 15) is 4.79 Å². The number of ether oxygens (including phenoxy) is 3. The van der Waals surface area contributed by atoms with Crippen LogP contribution in [0.15, 0.2) is 48.7 Å². The molecule has 0 atom stereocenters. The van der Waals surface area contributed by atoms with Gasteiger partial charge in [-0.2, -0.15) is 0 Å². The van der Waals surface area contributed by atoms with Crippen LogP contribution >= 0.6 is 0 Å². The van der Waals surface area contributed by atoms with Gasteiger partial charge in [0.1, 0.15) is 18.0 Å². The summed E-state index contributed by atoms with van der Waals surface area (Å²) in [4.78, 5) is 12.3. The highest BCUT2D eigenvalue weighted by molar-refractivity contribution is 5.75. The van der Waals surface area contributed by atoms with E-state index < -0.39 is 0 Å². The molecule has 1 N–H and O–H groups in total. The van der Waals surface area contributed by atoms with Crippen LogP contribution in [0, 0.1) is 0 Å². The van der Waals surface area contributed by atoms with E-state index >= 15 is 0 Å². The Bertz CT molecular complexity index is 1000. The molecule has 0 radical (unpaired) electrons. The topological polar surface area (TPSA) is 87.5 Å². The molecule has 0 unspecified atom stereocenters. The maximum atomic E-state index is 12.3. The lowest BCUT2D eigenvalue weighted by Gasteiger charge is -2.10. The lowest BCUT2D eigenvalue weighted by Crippen LogP contribution is -2.29. The summed E-state index contributed by atoms with van der Waals surface area (Å²) < 4.78 is 17.9. The Morgan fingerprint density at radius 1 is 1.06 bits per heavy atom. The van der Waals surface area contributed by atoms with E-state index in [1.165, 1.54) is 4.68 Å². The van der Waals surface area contributed by atoms with Crippen LogP contribution in [0.4, 0.5) is 0 Å². The van der Waals surface area contributed by atoms with E-state index in [-0.39, 0.29) is 12.5 Å². The minimum absolute atomic E-state index is 0.0942. The average Bonchev–Trinajstić information content (AvgIpc) is 3.25. The van der Waals surface area contributed by atoms with E-state index in [0.717, 1.165) is 23.3 Å². The second-order valence-electron chi connectivity index (χ2n) is 6.94. The van der Waals surface area contributed by atoms with Crippen LogP contribution in [-0.4, -0.2) is 48.3 Å². The minimum Gasteiger partial charge on any atom is -0.493 e. The first-order chi connectivity index (χ1) is 15.1. The molecule has 0 bridgehead atoms. The van der Waals surface area contributed by atoms with Crippen LogP contribution < -0.4 is 19.5 Å². The molecule has 2 aromatic carbocycles. The van der Waals surface area contributed by atoms with Crippen molar-refractivity contribution in [3.8, 4) is 28.5 Å². The van der Waals surface area contributed by atoms with Crippen LogP contribution in [0.5, 0.6) is 17.2 Å². The molecule has 1 aromatic heterocycles. The molecule has 1 amide bonds. The number of benzene rings is 2. The molecule has 3 aromatic rings. The standard InChI is InChI=1S/C23H28N4O4/c1-4-13-31-20-8-6-5-7-18(20)19-15-27(26-25-19)16-23(28)24-12-11-17-9-10-21(29-2)22(14-17)30-3/h5-10,14-15H,4,11-13,16H2,1-3H3,(H,24,28). The zero-order chi connectivity index (χ0) is 22.1. The normalized spacial score (nSPS) is 10.5. The third-order valence-corrected chi connectivity index (χ3v) is 4.65. The molecular weight excluding hydrogens is 396 g/mol. The molecule has 164 valence electrons. The lowest BCUT2D eigenvalue weighted by molar-refractivity contribution is -0.121. The number of hydrogen-bond donors (Lipinski definition) is 1. The van der Waals surface area contributed by atoms with Gasteiger partial charge in [0.25, 0.3) is 0 Å². The van der Waals surface area contributed by atoms with Gasteiger partial charge in [0.15, 0.2) is 11.5 Å². The number of nitrogens with one attached hydrogen (secondary N) is 1. The molecule has 0 fully saturated rings. The number of amides is 1. The summed E-state index contributed by atoms with van der Waals surface area (Å²) in [6.45, 7) is 3.29. The molecule has 0 aliphatic carbocycles. The SMILES string of the molecule is CCCOc1ccccc1-c1cn(CC(=O)NCCc2ccc(OC)c(OC)c2)nn1. The maximum absolute atomic E-state index is 12.3. The van der Waals surface area contributed by atoms with E-state index in [0.29, 0.717) is 36.8 Å². The second kappa shape index (κ2) is 11.0. The molecule has 0 saturated heterocycles. The minimum atomic E-state index is -0.132. The third-order valence-electron chi connectivity index (χ3n) is 4.65. The van der Waals surface area contributed by atoms with Crippen molar-refractivity contribution >= 4 is 5.91 Å². The summed E-state index contributed by atoms with van der Waals surface area (Å²) in [6.07, 6.45) is 3.35. The molecule has 1 heterocycles. The van der Waals surface area contributed by atoms with Crippen LogP contribution in [0.1, 0.15) is 18.9 Å². The summed E-state index contributed by atoms with van der Waals surface area (Å²) in [5.41, 5.74) is 2.57. The molecular formula is C23H28N4O4. The van der Waals surface area contributed by atoms with Crippen molar-refractivity contribution in [1.82, 2.24) is 20.3 Å². The monoisotopic (exact) mass is 424 g/mol. The van der Waals surface area contributed by atoms with Crippen LogP contribution in [0.2, 0.25) is 0 Å². The molecule has 3 rings (SSSR count). The van der Waals surface area contributed by atoms with E-state index in [1.807, 2.05) is 42.5 Å². The fourth-order valence-electron chi connectivity index (χ4n) is 3.10. The number of methoxy groups -OCH3 is 2. The molecule has 8 heteroatoms. The van der Waals surface area contributed by atoms with Crippen molar-refractivity contribution in [3.63, 3.8) is 0 Å². The zero-order valence-electron chi connectivity index (χ0n) is 18.1. The van der Waals surface area contributed by atoms with Gasteiger partial charge in [0, 0.05) is 12.1 Å². The van der Waals surface area contributed by atoms with Crippen LogP contribution in [0.25, 0.3) is 11.3 Å². The predicted octanol–water partition coefficient (Wildman–Crippen LogP) is 3.11. The fourth-order valence-corrected chi connectivity index (χ4v) is 3.10. The first kappa shape index (κ1) is 22.1. The molecule has 0 aliphatic heterocycles. The second-order valence-corrected chi connectivity index (χ2v) is 6.94. The van der Waals surface area contributed by atoms with Crippen molar-refractivity contribution < 1.29 is 19.0 Å². The zero-order valence-corrected chi connectivity index (χ0v) is 18.1. The quantitative estimate of drug-likeness (QED) is 0.509.